The number of rotatable bonds is 4. The minimum Gasteiger partial charge on any atom is -0.337 e. The van der Waals surface area contributed by atoms with Crippen molar-refractivity contribution >= 4 is 5.91 Å². The topological polar surface area (TPSA) is 59.2 Å². The van der Waals surface area contributed by atoms with Crippen LogP contribution in [0.3, 0.4) is 0 Å². The van der Waals surface area contributed by atoms with Gasteiger partial charge in [0.2, 0.25) is 11.7 Å². The standard InChI is InChI=1S/C22H23N3O2/c1-3-16-8-12-18(13-9-16)22(26)25-14-4-5-19(25)21-23-20(24-27-21)17-10-6-15(2)7-11-17/h6-13,19H,3-5,14H2,1-2H3/t19-/m1/s1. The zero-order valence-electron chi connectivity index (χ0n) is 15.7. The molecule has 1 aliphatic rings. The molecule has 0 saturated carbocycles. The van der Waals surface area contributed by atoms with Crippen molar-refractivity contribution < 1.29 is 9.32 Å². The fraction of sp³-hybridized carbons (Fsp3) is 0.318. The SMILES string of the molecule is CCc1ccc(C(=O)N2CCC[C@@H]2c2nc(-c3ccc(C)cc3)no2)cc1. The third-order valence-corrected chi connectivity index (χ3v) is 5.16. The van der Waals surface area contributed by atoms with E-state index in [2.05, 4.69) is 17.1 Å². The summed E-state index contributed by atoms with van der Waals surface area (Å²) in [5.74, 6) is 1.11. The van der Waals surface area contributed by atoms with E-state index in [1.54, 1.807) is 0 Å². The van der Waals surface area contributed by atoms with Gasteiger partial charge in [-0.2, -0.15) is 4.98 Å². The quantitative estimate of drug-likeness (QED) is 0.682. The van der Waals surface area contributed by atoms with Crippen molar-refractivity contribution in [2.45, 2.75) is 39.2 Å². The average molecular weight is 361 g/mol. The predicted molar refractivity (Wildman–Crippen MR) is 103 cm³/mol. The Morgan fingerprint density at radius 3 is 2.59 bits per heavy atom. The second-order valence-electron chi connectivity index (χ2n) is 7.03. The van der Waals surface area contributed by atoms with Gasteiger partial charge in [-0.15, -0.1) is 0 Å². The molecule has 3 aromatic rings. The smallest absolute Gasteiger partial charge is 0.254 e. The molecule has 2 heterocycles. The number of carbonyl (C=O) groups is 1. The summed E-state index contributed by atoms with van der Waals surface area (Å²) in [6, 6.07) is 15.7. The largest absolute Gasteiger partial charge is 0.337 e. The Hall–Kier alpha value is -2.95. The molecule has 0 aliphatic carbocycles. The molecule has 5 heteroatoms. The molecule has 138 valence electrons. The number of benzene rings is 2. The van der Waals surface area contributed by atoms with Crippen LogP contribution in [0.4, 0.5) is 0 Å². The second-order valence-corrected chi connectivity index (χ2v) is 7.03. The maximum atomic E-state index is 13.0. The first-order chi connectivity index (χ1) is 13.2. The molecule has 1 fully saturated rings. The van der Waals surface area contributed by atoms with Gasteiger partial charge in [0, 0.05) is 17.7 Å². The monoisotopic (exact) mass is 361 g/mol. The van der Waals surface area contributed by atoms with E-state index in [-0.39, 0.29) is 11.9 Å². The molecular weight excluding hydrogens is 338 g/mol. The average Bonchev–Trinajstić information content (AvgIpc) is 3.37. The van der Waals surface area contributed by atoms with Crippen LogP contribution in [0.15, 0.2) is 53.1 Å². The van der Waals surface area contributed by atoms with Gasteiger partial charge in [-0.3, -0.25) is 4.79 Å². The molecular formula is C22H23N3O2. The molecule has 0 radical (unpaired) electrons. The van der Waals surface area contributed by atoms with Gasteiger partial charge in [0.25, 0.3) is 5.91 Å². The second kappa shape index (κ2) is 7.35. The molecule has 1 aromatic heterocycles. The van der Waals surface area contributed by atoms with Crippen molar-refractivity contribution in [2.24, 2.45) is 0 Å². The Kier molecular flexibility index (Phi) is 4.75. The van der Waals surface area contributed by atoms with Crippen LogP contribution in [0.25, 0.3) is 11.4 Å². The lowest BCUT2D eigenvalue weighted by Crippen LogP contribution is -2.30. The number of hydrogen-bond acceptors (Lipinski definition) is 4. The van der Waals surface area contributed by atoms with Gasteiger partial charge < -0.3 is 9.42 Å². The Bertz CT molecular complexity index is 929. The van der Waals surface area contributed by atoms with Gasteiger partial charge in [-0.05, 0) is 43.9 Å². The van der Waals surface area contributed by atoms with Crippen molar-refractivity contribution in [3.05, 3.63) is 71.1 Å². The van der Waals surface area contributed by atoms with E-state index in [0.29, 0.717) is 23.8 Å². The number of likely N-dealkylation sites (tertiary alicyclic amines) is 1. The van der Waals surface area contributed by atoms with E-state index < -0.39 is 0 Å². The normalized spacial score (nSPS) is 16.7. The molecule has 0 unspecified atom stereocenters. The Morgan fingerprint density at radius 1 is 1.15 bits per heavy atom. The van der Waals surface area contributed by atoms with E-state index in [4.69, 9.17) is 4.52 Å². The van der Waals surface area contributed by atoms with Gasteiger partial charge in [-0.25, -0.2) is 0 Å². The first-order valence-corrected chi connectivity index (χ1v) is 9.46. The van der Waals surface area contributed by atoms with Crippen LogP contribution >= 0.6 is 0 Å². The number of hydrogen-bond donors (Lipinski definition) is 0. The Morgan fingerprint density at radius 2 is 1.89 bits per heavy atom. The van der Waals surface area contributed by atoms with Crippen LogP contribution in [-0.2, 0) is 6.42 Å². The number of nitrogens with zero attached hydrogens (tertiary/aromatic N) is 3. The van der Waals surface area contributed by atoms with Crippen LogP contribution in [0.1, 0.15) is 53.2 Å². The maximum absolute atomic E-state index is 13.0. The van der Waals surface area contributed by atoms with Gasteiger partial charge in [0.15, 0.2) is 0 Å². The molecule has 1 amide bonds. The molecule has 2 aromatic carbocycles. The van der Waals surface area contributed by atoms with Crippen molar-refractivity contribution in [3.63, 3.8) is 0 Å². The third kappa shape index (κ3) is 3.50. The zero-order chi connectivity index (χ0) is 18.8. The summed E-state index contributed by atoms with van der Waals surface area (Å²) in [6.45, 7) is 4.86. The van der Waals surface area contributed by atoms with Gasteiger partial charge in [0.1, 0.15) is 6.04 Å². The highest BCUT2D eigenvalue weighted by molar-refractivity contribution is 5.94. The molecule has 1 aliphatic heterocycles. The third-order valence-electron chi connectivity index (χ3n) is 5.16. The van der Waals surface area contributed by atoms with Crippen molar-refractivity contribution in [1.29, 1.82) is 0 Å². The number of aromatic nitrogens is 2. The fourth-order valence-corrected chi connectivity index (χ4v) is 3.51. The summed E-state index contributed by atoms with van der Waals surface area (Å²) < 4.78 is 5.53. The van der Waals surface area contributed by atoms with Crippen LogP contribution in [0.5, 0.6) is 0 Å². The molecule has 1 saturated heterocycles. The molecule has 4 rings (SSSR count). The molecule has 0 spiro atoms. The van der Waals surface area contributed by atoms with Gasteiger partial charge >= 0.3 is 0 Å². The first-order valence-electron chi connectivity index (χ1n) is 9.46. The van der Waals surface area contributed by atoms with Gasteiger partial charge in [-0.1, -0.05) is 54.0 Å². The lowest BCUT2D eigenvalue weighted by Gasteiger charge is -2.22. The van der Waals surface area contributed by atoms with Crippen LogP contribution in [0, 0.1) is 6.92 Å². The van der Waals surface area contributed by atoms with E-state index in [0.717, 1.165) is 24.8 Å². The first kappa shape index (κ1) is 17.5. The van der Waals surface area contributed by atoms with Crippen molar-refractivity contribution in [3.8, 4) is 11.4 Å². The van der Waals surface area contributed by atoms with Gasteiger partial charge in [0.05, 0.1) is 0 Å². The number of aryl methyl sites for hydroxylation is 2. The minimum atomic E-state index is -0.157. The number of amides is 1. The maximum Gasteiger partial charge on any atom is 0.254 e. The Balaban J connectivity index is 1.56. The summed E-state index contributed by atoms with van der Waals surface area (Å²) in [6.07, 6.45) is 2.74. The summed E-state index contributed by atoms with van der Waals surface area (Å²) in [7, 11) is 0. The highest BCUT2D eigenvalue weighted by Gasteiger charge is 2.34. The van der Waals surface area contributed by atoms with E-state index in [1.165, 1.54) is 11.1 Å². The lowest BCUT2D eigenvalue weighted by atomic mass is 10.1. The summed E-state index contributed by atoms with van der Waals surface area (Å²) in [5, 5.41) is 4.13. The predicted octanol–water partition coefficient (Wildman–Crippen LogP) is 4.58. The molecule has 1 atom stereocenters. The van der Waals surface area contributed by atoms with Crippen LogP contribution in [0.2, 0.25) is 0 Å². The molecule has 5 nitrogen and oxygen atoms in total. The minimum absolute atomic E-state index is 0.0234. The Labute approximate surface area is 159 Å². The molecule has 0 N–H and O–H groups in total. The summed E-state index contributed by atoms with van der Waals surface area (Å²) in [5.41, 5.74) is 4.03. The highest BCUT2D eigenvalue weighted by Crippen LogP contribution is 2.33. The zero-order valence-corrected chi connectivity index (χ0v) is 15.7. The van der Waals surface area contributed by atoms with Crippen LogP contribution < -0.4 is 0 Å². The lowest BCUT2D eigenvalue weighted by molar-refractivity contribution is 0.0710. The van der Waals surface area contributed by atoms with Crippen molar-refractivity contribution in [2.75, 3.05) is 6.54 Å². The highest BCUT2D eigenvalue weighted by atomic mass is 16.5. The summed E-state index contributed by atoms with van der Waals surface area (Å²) in [4.78, 5) is 19.4. The van der Waals surface area contributed by atoms with E-state index >= 15 is 0 Å². The van der Waals surface area contributed by atoms with Crippen LogP contribution in [-0.4, -0.2) is 27.5 Å². The fourth-order valence-electron chi connectivity index (χ4n) is 3.51. The number of carbonyl (C=O) groups excluding carboxylic acids is 1. The van der Waals surface area contributed by atoms with Crippen molar-refractivity contribution in [1.82, 2.24) is 15.0 Å². The molecule has 0 bridgehead atoms. The molecule has 27 heavy (non-hydrogen) atoms. The van der Waals surface area contributed by atoms with E-state index in [9.17, 15) is 4.79 Å². The summed E-state index contributed by atoms with van der Waals surface area (Å²) >= 11 is 0. The van der Waals surface area contributed by atoms with E-state index in [1.807, 2.05) is 60.4 Å².